The molecule has 4 unspecified atom stereocenters. The van der Waals surface area contributed by atoms with Crippen LogP contribution in [-0.4, -0.2) is 97.6 Å². The lowest BCUT2D eigenvalue weighted by Gasteiger charge is -2.11. The summed E-state index contributed by atoms with van der Waals surface area (Å²) in [6.07, 6.45) is -1.02. The van der Waals surface area contributed by atoms with Gasteiger partial charge in [0.25, 0.3) is 0 Å². The third kappa shape index (κ3) is 12.0. The van der Waals surface area contributed by atoms with Crippen molar-refractivity contribution in [3.05, 3.63) is 119 Å². The molecule has 4 atom stereocenters. The molecule has 0 spiro atoms. The van der Waals surface area contributed by atoms with Gasteiger partial charge in [0.05, 0.1) is 25.0 Å². The van der Waals surface area contributed by atoms with Crippen molar-refractivity contribution < 1.29 is 48.2 Å². The van der Waals surface area contributed by atoms with E-state index < -0.39 is 12.2 Å². The number of benzene rings is 4. The molecule has 2 N–H and O–H groups in total. The van der Waals surface area contributed by atoms with Gasteiger partial charge in [-0.3, -0.25) is 9.59 Å². The van der Waals surface area contributed by atoms with Crippen LogP contribution < -0.4 is 18.9 Å². The maximum atomic E-state index is 12.5. The van der Waals surface area contributed by atoms with E-state index in [1.54, 1.807) is 72.8 Å². The molecule has 0 radical (unpaired) electrons. The molecule has 2 saturated heterocycles. The number of aliphatic hydroxyl groups excluding tert-OH is 2. The number of alkyl halides is 2. The Kier molecular flexibility index (Phi) is 13.9. The van der Waals surface area contributed by atoms with Crippen LogP contribution >= 0.6 is 23.2 Å². The average molecular weight is 726 g/mol. The zero-order valence-corrected chi connectivity index (χ0v) is 28.6. The first-order valence-electron chi connectivity index (χ1n) is 16.0. The highest BCUT2D eigenvalue weighted by Crippen LogP contribution is 2.21. The van der Waals surface area contributed by atoms with Gasteiger partial charge in [-0.25, -0.2) is 0 Å². The van der Waals surface area contributed by atoms with E-state index in [4.69, 9.17) is 51.6 Å². The predicted octanol–water partition coefficient (Wildman–Crippen LogP) is 5.35. The van der Waals surface area contributed by atoms with Gasteiger partial charge < -0.3 is 38.6 Å². The lowest BCUT2D eigenvalue weighted by atomic mass is 10.0. The molecule has 2 heterocycles. The number of rotatable bonds is 18. The van der Waals surface area contributed by atoms with Crippen molar-refractivity contribution in [2.75, 3.05) is 51.4 Å². The smallest absolute Gasteiger partial charge is 0.193 e. The minimum absolute atomic E-state index is 0.0239. The minimum Gasteiger partial charge on any atom is -0.491 e. The van der Waals surface area contributed by atoms with Gasteiger partial charge in [0.15, 0.2) is 11.6 Å². The van der Waals surface area contributed by atoms with Crippen LogP contribution in [-0.2, 0) is 9.47 Å². The molecule has 50 heavy (non-hydrogen) atoms. The summed E-state index contributed by atoms with van der Waals surface area (Å²) in [6, 6.07) is 27.6. The molecule has 0 bridgehead atoms. The molecule has 2 aliphatic heterocycles. The van der Waals surface area contributed by atoms with Crippen molar-refractivity contribution in [3.63, 3.8) is 0 Å². The van der Waals surface area contributed by atoms with Crippen molar-refractivity contribution >= 4 is 34.8 Å². The standard InChI is InChI=1S/C19H20Cl2O5.C19H18O5/c20-9-15(22)11-25-17-5-1-13(2-6-17)19(24)14-3-7-18(8-4-14)26-12-16(23)10-21;20-19(13-1-5-15(6-2-13)21-9-17-11-23-17)14-3-7-16(8-4-14)22-10-18-12-24-18/h1-8,15-16,22-23H,9-12H2;1-8,17-18H,9-12H2. The molecular weight excluding hydrogens is 687 g/mol. The minimum atomic E-state index is -0.732. The van der Waals surface area contributed by atoms with Crippen molar-refractivity contribution in [1.29, 1.82) is 0 Å². The molecule has 2 fully saturated rings. The van der Waals surface area contributed by atoms with Crippen LogP contribution in [0.15, 0.2) is 97.1 Å². The molecule has 4 aromatic rings. The number of hydrogen-bond donors (Lipinski definition) is 2. The molecule has 6 rings (SSSR count). The Morgan fingerprint density at radius 3 is 1.04 bits per heavy atom. The average Bonchev–Trinajstić information content (AvgIpc) is 4.11. The largest absolute Gasteiger partial charge is 0.491 e. The maximum absolute atomic E-state index is 12.5. The van der Waals surface area contributed by atoms with Crippen LogP contribution in [0.2, 0.25) is 0 Å². The quantitative estimate of drug-likeness (QED) is 0.0786. The van der Waals surface area contributed by atoms with E-state index in [1.807, 2.05) is 24.3 Å². The number of halogens is 2. The summed E-state index contributed by atoms with van der Waals surface area (Å²) in [4.78, 5) is 25.0. The van der Waals surface area contributed by atoms with Crippen molar-refractivity contribution in [3.8, 4) is 23.0 Å². The highest BCUT2D eigenvalue weighted by molar-refractivity contribution is 6.18. The summed E-state index contributed by atoms with van der Waals surface area (Å²) in [7, 11) is 0. The molecule has 0 amide bonds. The van der Waals surface area contributed by atoms with Gasteiger partial charge >= 0.3 is 0 Å². The van der Waals surface area contributed by atoms with Crippen LogP contribution in [0, 0.1) is 0 Å². The van der Waals surface area contributed by atoms with Gasteiger partial charge in [-0.15, -0.1) is 23.2 Å². The Hall–Kier alpha value is -4.16. The number of ketones is 2. The maximum Gasteiger partial charge on any atom is 0.193 e. The molecule has 10 nitrogen and oxygen atoms in total. The molecule has 2 aliphatic rings. The number of carbonyl (C=O) groups is 2. The van der Waals surface area contributed by atoms with Gasteiger partial charge in [-0.1, -0.05) is 0 Å². The zero-order valence-electron chi connectivity index (χ0n) is 27.1. The first-order chi connectivity index (χ1) is 24.3. The normalized spacial score (nSPS) is 17.0. The molecular formula is C38H38Cl2O10. The van der Waals surface area contributed by atoms with Gasteiger partial charge in [-0.2, -0.15) is 0 Å². The van der Waals surface area contributed by atoms with E-state index in [9.17, 15) is 19.8 Å². The highest BCUT2D eigenvalue weighted by Gasteiger charge is 2.24. The molecule has 264 valence electrons. The van der Waals surface area contributed by atoms with Gasteiger partial charge in [0.1, 0.15) is 73.8 Å². The van der Waals surface area contributed by atoms with Gasteiger partial charge in [0, 0.05) is 22.3 Å². The number of hydrogen-bond acceptors (Lipinski definition) is 10. The summed E-state index contributed by atoms with van der Waals surface area (Å²) >= 11 is 11.0. The van der Waals surface area contributed by atoms with Gasteiger partial charge in [0.2, 0.25) is 0 Å². The molecule has 0 aliphatic carbocycles. The fourth-order valence-corrected chi connectivity index (χ4v) is 4.50. The van der Waals surface area contributed by atoms with E-state index >= 15 is 0 Å². The number of carbonyl (C=O) groups excluding carboxylic acids is 2. The van der Waals surface area contributed by atoms with Gasteiger partial charge in [-0.05, 0) is 97.1 Å². The van der Waals surface area contributed by atoms with Crippen molar-refractivity contribution in [2.45, 2.75) is 24.4 Å². The third-order valence-electron chi connectivity index (χ3n) is 7.38. The van der Waals surface area contributed by atoms with Crippen LogP contribution in [0.1, 0.15) is 31.8 Å². The van der Waals surface area contributed by atoms with E-state index in [1.165, 1.54) is 0 Å². The lowest BCUT2D eigenvalue weighted by Crippen LogP contribution is -2.18. The number of aliphatic hydroxyl groups is 2. The Morgan fingerprint density at radius 2 is 0.800 bits per heavy atom. The molecule has 0 aromatic heterocycles. The summed E-state index contributed by atoms with van der Waals surface area (Å²) in [5.41, 5.74) is 2.29. The topological polar surface area (TPSA) is 137 Å². The predicted molar refractivity (Wildman–Crippen MR) is 188 cm³/mol. The summed E-state index contributed by atoms with van der Waals surface area (Å²) in [5.74, 6) is 2.62. The van der Waals surface area contributed by atoms with E-state index in [0.29, 0.717) is 47.0 Å². The van der Waals surface area contributed by atoms with Crippen molar-refractivity contribution in [2.24, 2.45) is 0 Å². The summed E-state index contributed by atoms with van der Waals surface area (Å²) in [6.45, 7) is 2.84. The Bertz CT molecular complexity index is 1520. The second kappa shape index (κ2) is 18.7. The van der Waals surface area contributed by atoms with Crippen LogP contribution in [0.5, 0.6) is 23.0 Å². The Labute approximate surface area is 300 Å². The number of epoxide rings is 2. The fourth-order valence-electron chi connectivity index (χ4n) is 4.32. The first kappa shape index (κ1) is 37.1. The lowest BCUT2D eigenvalue weighted by molar-refractivity contribution is 0.103. The Balaban J connectivity index is 0.000000195. The van der Waals surface area contributed by atoms with Crippen molar-refractivity contribution in [1.82, 2.24) is 0 Å². The second-order valence-corrected chi connectivity index (χ2v) is 12.1. The fraction of sp³-hybridized carbons (Fsp3) is 0.316. The van der Waals surface area contributed by atoms with Crippen LogP contribution in [0.4, 0.5) is 0 Å². The van der Waals surface area contributed by atoms with Crippen LogP contribution in [0.3, 0.4) is 0 Å². The molecule has 0 saturated carbocycles. The first-order valence-corrected chi connectivity index (χ1v) is 17.1. The Morgan fingerprint density at radius 1 is 0.540 bits per heavy atom. The summed E-state index contributed by atoms with van der Waals surface area (Å²) in [5, 5.41) is 18.7. The summed E-state index contributed by atoms with van der Waals surface area (Å²) < 4.78 is 32.1. The highest BCUT2D eigenvalue weighted by atomic mass is 35.5. The molecule has 4 aromatic carbocycles. The van der Waals surface area contributed by atoms with E-state index in [2.05, 4.69) is 0 Å². The third-order valence-corrected chi connectivity index (χ3v) is 8.10. The SMILES string of the molecule is O=C(c1ccc(OCC(O)CCl)cc1)c1ccc(OCC(O)CCl)cc1.O=C(c1ccc(OCC2CO2)cc1)c1ccc(OCC2CO2)cc1. The second-order valence-electron chi connectivity index (χ2n) is 11.5. The van der Waals surface area contributed by atoms with Crippen LogP contribution in [0.25, 0.3) is 0 Å². The molecule has 12 heteroatoms. The monoisotopic (exact) mass is 724 g/mol. The zero-order chi connectivity index (χ0) is 35.3. The number of ether oxygens (including phenoxy) is 6. The van der Waals surface area contributed by atoms with E-state index in [0.717, 1.165) is 24.7 Å². The van der Waals surface area contributed by atoms with E-state index in [-0.39, 0.29) is 48.7 Å².